The van der Waals surface area contributed by atoms with E-state index in [-0.39, 0.29) is 5.91 Å². The minimum Gasteiger partial charge on any atom is -0.352 e. The van der Waals surface area contributed by atoms with Gasteiger partial charge >= 0.3 is 0 Å². The van der Waals surface area contributed by atoms with Gasteiger partial charge in [0, 0.05) is 12.6 Å². The molecule has 0 spiro atoms. The van der Waals surface area contributed by atoms with E-state index in [4.69, 9.17) is 5.73 Å². The number of nitrogens with one attached hydrogen (secondary N) is 2. The van der Waals surface area contributed by atoms with E-state index < -0.39 is 5.54 Å². The zero-order valence-corrected chi connectivity index (χ0v) is 7.10. The van der Waals surface area contributed by atoms with Crippen molar-refractivity contribution in [3.63, 3.8) is 0 Å². The highest BCUT2D eigenvalue weighted by atomic mass is 16.2. The van der Waals surface area contributed by atoms with Crippen LogP contribution in [-0.4, -0.2) is 30.6 Å². The number of nitrogens with two attached hydrogens (primary N) is 1. The van der Waals surface area contributed by atoms with E-state index in [0.717, 1.165) is 25.8 Å². The van der Waals surface area contributed by atoms with Crippen LogP contribution in [0, 0.1) is 0 Å². The molecule has 1 saturated heterocycles. The standard InChI is InChI=1S/C8H15N3O/c9-8(3-4-10-5-8)7(12)11-6-1-2-6/h6,10H,1-5,9H2,(H,11,12). The zero-order chi connectivity index (χ0) is 8.60. The van der Waals surface area contributed by atoms with Crippen LogP contribution in [0.3, 0.4) is 0 Å². The van der Waals surface area contributed by atoms with Crippen molar-refractivity contribution < 1.29 is 4.79 Å². The molecule has 2 aliphatic rings. The topological polar surface area (TPSA) is 67.2 Å². The summed E-state index contributed by atoms with van der Waals surface area (Å²) in [7, 11) is 0. The quantitative estimate of drug-likeness (QED) is 0.494. The van der Waals surface area contributed by atoms with Crippen LogP contribution >= 0.6 is 0 Å². The van der Waals surface area contributed by atoms with Gasteiger partial charge in [-0.2, -0.15) is 0 Å². The number of amides is 1. The fourth-order valence-electron chi connectivity index (χ4n) is 1.46. The molecule has 2 rings (SSSR count). The minimum atomic E-state index is -0.636. The predicted molar refractivity (Wildman–Crippen MR) is 45.6 cm³/mol. The Morgan fingerprint density at radius 3 is 2.83 bits per heavy atom. The van der Waals surface area contributed by atoms with Crippen LogP contribution in [-0.2, 0) is 4.79 Å². The molecule has 2 fully saturated rings. The molecule has 0 aromatic carbocycles. The van der Waals surface area contributed by atoms with Gasteiger partial charge in [-0.05, 0) is 25.8 Å². The highest BCUT2D eigenvalue weighted by molar-refractivity contribution is 5.87. The highest BCUT2D eigenvalue weighted by Crippen LogP contribution is 2.20. The molecule has 1 saturated carbocycles. The van der Waals surface area contributed by atoms with E-state index in [1.807, 2.05) is 0 Å². The fraction of sp³-hybridized carbons (Fsp3) is 0.875. The molecule has 68 valence electrons. The molecule has 1 aliphatic carbocycles. The summed E-state index contributed by atoms with van der Waals surface area (Å²) in [6.07, 6.45) is 3.00. The van der Waals surface area contributed by atoms with Gasteiger partial charge in [-0.25, -0.2) is 0 Å². The molecule has 0 radical (unpaired) electrons. The van der Waals surface area contributed by atoms with Crippen molar-refractivity contribution in [2.45, 2.75) is 30.8 Å². The van der Waals surface area contributed by atoms with E-state index in [0.29, 0.717) is 12.6 Å². The smallest absolute Gasteiger partial charge is 0.241 e. The number of carbonyl (C=O) groups is 1. The zero-order valence-electron chi connectivity index (χ0n) is 7.10. The molecule has 1 heterocycles. The normalized spacial score (nSPS) is 35.1. The van der Waals surface area contributed by atoms with Gasteiger partial charge in [-0.15, -0.1) is 0 Å². The lowest BCUT2D eigenvalue weighted by molar-refractivity contribution is -0.125. The Kier molecular flexibility index (Phi) is 1.81. The van der Waals surface area contributed by atoms with E-state index in [2.05, 4.69) is 10.6 Å². The van der Waals surface area contributed by atoms with Crippen LogP contribution in [0.1, 0.15) is 19.3 Å². The summed E-state index contributed by atoms with van der Waals surface area (Å²) in [5.74, 6) is 0.0231. The third-order valence-electron chi connectivity index (χ3n) is 2.55. The second-order valence-electron chi connectivity index (χ2n) is 3.83. The van der Waals surface area contributed by atoms with Gasteiger partial charge in [-0.3, -0.25) is 4.79 Å². The molecule has 0 bridgehead atoms. The van der Waals surface area contributed by atoms with Gasteiger partial charge in [0.2, 0.25) is 5.91 Å². The monoisotopic (exact) mass is 169 g/mol. The first-order valence-electron chi connectivity index (χ1n) is 4.51. The summed E-state index contributed by atoms with van der Waals surface area (Å²) in [5.41, 5.74) is 5.27. The molecule has 4 N–H and O–H groups in total. The summed E-state index contributed by atoms with van der Waals surface area (Å²) in [6.45, 7) is 1.47. The molecule has 0 aromatic rings. The van der Waals surface area contributed by atoms with Gasteiger partial charge in [0.15, 0.2) is 0 Å². The first kappa shape index (κ1) is 8.01. The van der Waals surface area contributed by atoms with E-state index >= 15 is 0 Å². The summed E-state index contributed by atoms with van der Waals surface area (Å²) in [4.78, 5) is 11.5. The molecule has 1 unspecified atom stereocenters. The largest absolute Gasteiger partial charge is 0.352 e. The maximum atomic E-state index is 11.5. The van der Waals surface area contributed by atoms with E-state index in [1.165, 1.54) is 0 Å². The number of hydrogen-bond acceptors (Lipinski definition) is 3. The average molecular weight is 169 g/mol. The first-order valence-corrected chi connectivity index (χ1v) is 4.51. The van der Waals surface area contributed by atoms with Crippen molar-refractivity contribution in [2.24, 2.45) is 5.73 Å². The van der Waals surface area contributed by atoms with Gasteiger partial charge in [0.05, 0.1) is 0 Å². The molecule has 4 nitrogen and oxygen atoms in total. The van der Waals surface area contributed by atoms with Gasteiger partial charge < -0.3 is 16.4 Å². The molecular formula is C8H15N3O. The third-order valence-corrected chi connectivity index (χ3v) is 2.55. The summed E-state index contributed by atoms with van der Waals surface area (Å²) in [5, 5.41) is 6.03. The molecule has 12 heavy (non-hydrogen) atoms. The summed E-state index contributed by atoms with van der Waals surface area (Å²) in [6, 6.07) is 0.415. The van der Waals surface area contributed by atoms with Gasteiger partial charge in [0.25, 0.3) is 0 Å². The van der Waals surface area contributed by atoms with Crippen molar-refractivity contribution in [2.75, 3.05) is 13.1 Å². The van der Waals surface area contributed by atoms with Crippen molar-refractivity contribution >= 4 is 5.91 Å². The Labute approximate surface area is 71.9 Å². The van der Waals surface area contributed by atoms with Crippen molar-refractivity contribution in [3.8, 4) is 0 Å². The van der Waals surface area contributed by atoms with E-state index in [9.17, 15) is 4.79 Å². The summed E-state index contributed by atoms with van der Waals surface area (Å²) < 4.78 is 0. The SMILES string of the molecule is NC1(C(=O)NC2CC2)CCNC1. The molecule has 1 amide bonds. The molecule has 1 atom stereocenters. The number of hydrogen-bond donors (Lipinski definition) is 3. The van der Waals surface area contributed by atoms with Crippen molar-refractivity contribution in [1.82, 2.24) is 10.6 Å². The van der Waals surface area contributed by atoms with Crippen LogP contribution in [0.5, 0.6) is 0 Å². The lowest BCUT2D eigenvalue weighted by atomic mass is 9.99. The van der Waals surface area contributed by atoms with E-state index in [1.54, 1.807) is 0 Å². The lowest BCUT2D eigenvalue weighted by Crippen LogP contribution is -2.55. The van der Waals surface area contributed by atoms with Crippen LogP contribution in [0.15, 0.2) is 0 Å². The Bertz CT molecular complexity index is 194. The molecule has 0 aromatic heterocycles. The number of rotatable bonds is 2. The molecule has 4 heteroatoms. The van der Waals surface area contributed by atoms with Crippen molar-refractivity contribution in [1.29, 1.82) is 0 Å². The first-order chi connectivity index (χ1) is 5.71. The Morgan fingerprint density at radius 1 is 1.58 bits per heavy atom. The Balaban J connectivity index is 1.91. The Morgan fingerprint density at radius 2 is 2.33 bits per heavy atom. The third kappa shape index (κ3) is 1.44. The van der Waals surface area contributed by atoms with Gasteiger partial charge in [-0.1, -0.05) is 0 Å². The molecule has 1 aliphatic heterocycles. The molecular weight excluding hydrogens is 154 g/mol. The second kappa shape index (κ2) is 2.71. The van der Waals surface area contributed by atoms with Crippen LogP contribution in [0.4, 0.5) is 0 Å². The maximum absolute atomic E-state index is 11.5. The lowest BCUT2D eigenvalue weighted by Gasteiger charge is -2.21. The second-order valence-corrected chi connectivity index (χ2v) is 3.83. The average Bonchev–Trinajstić information content (AvgIpc) is 2.73. The minimum absolute atomic E-state index is 0.0231. The number of carbonyl (C=O) groups excluding carboxylic acids is 1. The highest BCUT2D eigenvalue weighted by Gasteiger charge is 2.39. The maximum Gasteiger partial charge on any atom is 0.241 e. The van der Waals surface area contributed by atoms with Crippen LogP contribution in [0.25, 0.3) is 0 Å². The summed E-state index contributed by atoms with van der Waals surface area (Å²) >= 11 is 0. The Hall–Kier alpha value is -0.610. The van der Waals surface area contributed by atoms with Crippen molar-refractivity contribution in [3.05, 3.63) is 0 Å². The van der Waals surface area contributed by atoms with Crippen LogP contribution < -0.4 is 16.4 Å². The predicted octanol–water partition coefficient (Wildman–Crippen LogP) is -1.04. The van der Waals surface area contributed by atoms with Gasteiger partial charge in [0.1, 0.15) is 5.54 Å². The fourth-order valence-corrected chi connectivity index (χ4v) is 1.46. The van der Waals surface area contributed by atoms with Crippen LogP contribution in [0.2, 0.25) is 0 Å².